The molecule has 2 aromatic carbocycles. The van der Waals surface area contributed by atoms with Crippen LogP contribution in [0.3, 0.4) is 0 Å². The summed E-state index contributed by atoms with van der Waals surface area (Å²) in [7, 11) is -3.55. The molecule has 0 bridgehead atoms. The molecular weight excluding hydrogens is 457 g/mol. The van der Waals surface area contributed by atoms with Gasteiger partial charge in [-0.3, -0.25) is 13.9 Å². The van der Waals surface area contributed by atoms with Gasteiger partial charge in [-0.1, -0.05) is 37.3 Å². The first-order valence-corrected chi connectivity index (χ1v) is 13.3. The fourth-order valence-corrected chi connectivity index (χ4v) is 4.58. The van der Waals surface area contributed by atoms with E-state index < -0.39 is 21.9 Å². The zero-order valence-corrected chi connectivity index (χ0v) is 21.1. The van der Waals surface area contributed by atoms with E-state index in [-0.39, 0.29) is 37.7 Å². The Bertz CT molecular complexity index is 1070. The predicted molar refractivity (Wildman–Crippen MR) is 132 cm³/mol. The van der Waals surface area contributed by atoms with Gasteiger partial charge in [-0.25, -0.2) is 12.8 Å². The van der Waals surface area contributed by atoms with Crippen LogP contribution < -0.4 is 9.62 Å². The molecule has 0 saturated heterocycles. The number of carbonyl (C=O) groups excluding carboxylic acids is 2. The van der Waals surface area contributed by atoms with Crippen LogP contribution >= 0.6 is 0 Å². The second kappa shape index (κ2) is 12.5. The van der Waals surface area contributed by atoms with Crippen molar-refractivity contribution in [2.45, 2.75) is 52.6 Å². The van der Waals surface area contributed by atoms with Crippen LogP contribution in [0.4, 0.5) is 10.1 Å². The van der Waals surface area contributed by atoms with Crippen molar-refractivity contribution in [3.05, 3.63) is 65.5 Å². The van der Waals surface area contributed by atoms with Gasteiger partial charge in [0.2, 0.25) is 21.8 Å². The van der Waals surface area contributed by atoms with Crippen LogP contribution in [0.1, 0.15) is 44.7 Å². The van der Waals surface area contributed by atoms with Crippen LogP contribution in [0.15, 0.2) is 48.5 Å². The first-order chi connectivity index (χ1) is 16.1. The Balaban J connectivity index is 2.15. The minimum Gasteiger partial charge on any atom is -0.355 e. The van der Waals surface area contributed by atoms with Crippen molar-refractivity contribution >= 4 is 27.5 Å². The van der Waals surface area contributed by atoms with Crippen molar-refractivity contribution < 1.29 is 22.4 Å². The number of rotatable bonds is 12. The van der Waals surface area contributed by atoms with Crippen molar-refractivity contribution in [3.8, 4) is 0 Å². The highest BCUT2D eigenvalue weighted by molar-refractivity contribution is 7.92. The monoisotopic (exact) mass is 491 g/mol. The van der Waals surface area contributed by atoms with E-state index in [1.165, 1.54) is 15.3 Å². The molecule has 1 N–H and O–H groups in total. The normalized spacial score (nSPS) is 12.1. The second-order valence-electron chi connectivity index (χ2n) is 8.14. The molecule has 0 spiro atoms. The van der Waals surface area contributed by atoms with Gasteiger partial charge in [0.1, 0.15) is 11.9 Å². The van der Waals surface area contributed by atoms with Gasteiger partial charge in [0.15, 0.2) is 0 Å². The number of halogens is 1. The van der Waals surface area contributed by atoms with Gasteiger partial charge in [0.25, 0.3) is 0 Å². The van der Waals surface area contributed by atoms with Crippen LogP contribution in [0.25, 0.3) is 0 Å². The minimum absolute atomic E-state index is 0.0112. The summed E-state index contributed by atoms with van der Waals surface area (Å²) in [6.07, 6.45) is 2.23. The Hall–Kier alpha value is -2.94. The largest absolute Gasteiger partial charge is 0.355 e. The van der Waals surface area contributed by atoms with Crippen LogP contribution in [0.2, 0.25) is 0 Å². The summed E-state index contributed by atoms with van der Waals surface area (Å²) in [5.41, 5.74) is 1.93. The second-order valence-corrected chi connectivity index (χ2v) is 10.0. The molecule has 9 heteroatoms. The van der Waals surface area contributed by atoms with Crippen LogP contribution in [0.5, 0.6) is 0 Å². The van der Waals surface area contributed by atoms with E-state index in [4.69, 9.17) is 0 Å². The fourth-order valence-electron chi connectivity index (χ4n) is 3.62. The number of amides is 2. The maximum Gasteiger partial charge on any atom is 0.242 e. The summed E-state index contributed by atoms with van der Waals surface area (Å²) in [4.78, 5) is 26.9. The van der Waals surface area contributed by atoms with E-state index in [2.05, 4.69) is 5.32 Å². The molecule has 0 heterocycles. The first-order valence-electron chi connectivity index (χ1n) is 11.5. The van der Waals surface area contributed by atoms with Crippen molar-refractivity contribution in [1.82, 2.24) is 10.2 Å². The molecule has 0 saturated carbocycles. The van der Waals surface area contributed by atoms with E-state index in [0.29, 0.717) is 17.8 Å². The van der Waals surface area contributed by atoms with Crippen molar-refractivity contribution in [3.63, 3.8) is 0 Å². The molecule has 2 amide bonds. The molecule has 0 radical (unpaired) electrons. The number of benzene rings is 2. The third-order valence-electron chi connectivity index (χ3n) is 5.60. The number of hydrogen-bond acceptors (Lipinski definition) is 4. The zero-order chi connectivity index (χ0) is 25.3. The van der Waals surface area contributed by atoms with Crippen LogP contribution in [0, 0.1) is 5.82 Å². The molecule has 0 aromatic heterocycles. The number of sulfonamides is 1. The summed E-state index contributed by atoms with van der Waals surface area (Å²) in [5.74, 6) is -1.14. The van der Waals surface area contributed by atoms with Gasteiger partial charge in [0.05, 0.1) is 11.9 Å². The van der Waals surface area contributed by atoms with Crippen LogP contribution in [-0.4, -0.2) is 50.5 Å². The summed E-state index contributed by atoms with van der Waals surface area (Å²) < 4.78 is 40.3. The molecule has 0 aliphatic carbocycles. The van der Waals surface area contributed by atoms with Crippen molar-refractivity contribution in [2.75, 3.05) is 23.7 Å². The molecule has 0 aliphatic rings. The SMILES string of the molecule is CCNC(=O)C(C)N(Cc1ccccc1F)C(=O)CCCN(c1ccc(CC)cc1)S(C)(=O)=O. The molecule has 2 rings (SSSR count). The van der Waals surface area contributed by atoms with Gasteiger partial charge in [-0.15, -0.1) is 0 Å². The van der Waals surface area contributed by atoms with Crippen molar-refractivity contribution in [1.29, 1.82) is 0 Å². The van der Waals surface area contributed by atoms with Crippen molar-refractivity contribution in [2.24, 2.45) is 0 Å². The Morgan fingerprint density at radius 3 is 2.26 bits per heavy atom. The molecule has 0 aliphatic heterocycles. The lowest BCUT2D eigenvalue weighted by molar-refractivity contribution is -0.140. The molecule has 2 aromatic rings. The highest BCUT2D eigenvalue weighted by Gasteiger charge is 2.27. The van der Waals surface area contributed by atoms with E-state index >= 15 is 0 Å². The first kappa shape index (κ1) is 27.3. The third kappa shape index (κ3) is 7.55. The number of aryl methyl sites for hydroxylation is 1. The molecule has 0 fully saturated rings. The number of likely N-dealkylation sites (N-methyl/N-ethyl adjacent to an activating group) is 1. The predicted octanol–water partition coefficient (Wildman–Crippen LogP) is 3.49. The molecule has 1 atom stereocenters. The summed E-state index contributed by atoms with van der Waals surface area (Å²) in [6, 6.07) is 12.6. The van der Waals surface area contributed by atoms with Gasteiger partial charge in [-0.2, -0.15) is 0 Å². The Labute approximate surface area is 202 Å². The molecule has 1 unspecified atom stereocenters. The molecule has 34 heavy (non-hydrogen) atoms. The summed E-state index contributed by atoms with van der Waals surface area (Å²) >= 11 is 0. The maximum atomic E-state index is 14.2. The lowest BCUT2D eigenvalue weighted by Crippen LogP contribution is -2.47. The highest BCUT2D eigenvalue weighted by Crippen LogP contribution is 2.20. The van der Waals surface area contributed by atoms with E-state index in [1.54, 1.807) is 44.2 Å². The fraction of sp³-hybridized carbons (Fsp3) is 0.440. The summed E-state index contributed by atoms with van der Waals surface area (Å²) in [6.45, 7) is 5.86. The Morgan fingerprint density at radius 2 is 1.71 bits per heavy atom. The van der Waals surface area contributed by atoms with E-state index in [0.717, 1.165) is 18.2 Å². The highest BCUT2D eigenvalue weighted by atomic mass is 32.2. The van der Waals surface area contributed by atoms with Crippen LogP contribution in [-0.2, 0) is 32.6 Å². The van der Waals surface area contributed by atoms with Gasteiger partial charge < -0.3 is 10.2 Å². The van der Waals surface area contributed by atoms with E-state index in [1.807, 2.05) is 19.1 Å². The molecule has 186 valence electrons. The number of nitrogens with one attached hydrogen (secondary N) is 1. The maximum absolute atomic E-state index is 14.2. The third-order valence-corrected chi connectivity index (χ3v) is 6.80. The Kier molecular flexibility index (Phi) is 10.0. The zero-order valence-electron chi connectivity index (χ0n) is 20.3. The lowest BCUT2D eigenvalue weighted by Gasteiger charge is -2.29. The summed E-state index contributed by atoms with van der Waals surface area (Å²) in [5, 5.41) is 2.69. The Morgan fingerprint density at radius 1 is 1.06 bits per heavy atom. The average Bonchev–Trinajstić information content (AvgIpc) is 2.80. The molecular formula is C25H34FN3O4S. The van der Waals surface area contributed by atoms with Gasteiger partial charge in [0, 0.05) is 31.6 Å². The van der Waals surface area contributed by atoms with Gasteiger partial charge in [-0.05, 0) is 50.5 Å². The number of hydrogen-bond donors (Lipinski definition) is 1. The standard InChI is InChI=1S/C25H34FN3O4S/c1-5-20-13-15-22(16-14-20)29(34(4,32)33)17-9-12-24(30)28(19(3)25(31)27-6-2)18-21-10-7-8-11-23(21)26/h7-8,10-11,13-16,19H,5-6,9,12,17-18H2,1-4H3,(H,27,31). The lowest BCUT2D eigenvalue weighted by atomic mass is 10.1. The number of carbonyl (C=O) groups is 2. The number of anilines is 1. The smallest absolute Gasteiger partial charge is 0.242 e. The van der Waals surface area contributed by atoms with Gasteiger partial charge >= 0.3 is 0 Å². The molecule has 7 nitrogen and oxygen atoms in total. The van der Waals surface area contributed by atoms with E-state index in [9.17, 15) is 22.4 Å². The quantitative estimate of drug-likeness (QED) is 0.492. The topological polar surface area (TPSA) is 86.8 Å². The average molecular weight is 492 g/mol. The minimum atomic E-state index is -3.55. The number of nitrogens with zero attached hydrogens (tertiary/aromatic N) is 2.